The van der Waals surface area contributed by atoms with E-state index in [0.717, 1.165) is 11.4 Å². The molecule has 0 aromatic carbocycles. The van der Waals surface area contributed by atoms with E-state index in [0.29, 0.717) is 5.13 Å². The maximum atomic E-state index is 11.7. The van der Waals surface area contributed by atoms with Crippen LogP contribution in [0.25, 0.3) is 0 Å². The Hall–Kier alpha value is -2.62. The van der Waals surface area contributed by atoms with E-state index in [-0.39, 0.29) is 12.4 Å². The lowest BCUT2D eigenvalue weighted by atomic mass is 10.4. The van der Waals surface area contributed by atoms with Crippen molar-refractivity contribution in [2.45, 2.75) is 13.3 Å². The number of rotatable bonds is 6. The minimum Gasteiger partial charge on any atom is -0.476 e. The van der Waals surface area contributed by atoms with Gasteiger partial charge < -0.3 is 14.9 Å². The van der Waals surface area contributed by atoms with E-state index in [1.54, 1.807) is 0 Å². The standard InChI is InChI=1S/C11H11N5O4S/c1-2-9-14-15-11(21-9)13-8(17)6-20-7-4-3-5-12-10(7)16(18)19/h3-5H,2,6H2,1H3,(H,13,15,17). The molecule has 0 saturated heterocycles. The monoisotopic (exact) mass is 309 g/mol. The van der Waals surface area contributed by atoms with Gasteiger partial charge in [0.25, 0.3) is 5.91 Å². The first-order valence-electron chi connectivity index (χ1n) is 5.94. The molecule has 0 unspecified atom stereocenters. The highest BCUT2D eigenvalue weighted by molar-refractivity contribution is 7.15. The van der Waals surface area contributed by atoms with E-state index < -0.39 is 16.6 Å². The second-order valence-electron chi connectivity index (χ2n) is 3.77. The number of nitro groups is 1. The second kappa shape index (κ2) is 6.70. The van der Waals surface area contributed by atoms with Crippen LogP contribution in [0.5, 0.6) is 5.75 Å². The van der Waals surface area contributed by atoms with Crippen LogP contribution in [-0.4, -0.2) is 32.6 Å². The fourth-order valence-electron chi connectivity index (χ4n) is 1.38. The van der Waals surface area contributed by atoms with Gasteiger partial charge in [-0.25, -0.2) is 0 Å². The minimum absolute atomic E-state index is 0.0656. The topological polar surface area (TPSA) is 120 Å². The molecule has 2 heterocycles. The molecular weight excluding hydrogens is 298 g/mol. The van der Waals surface area contributed by atoms with Gasteiger partial charge in [-0.2, -0.15) is 0 Å². The number of anilines is 1. The average Bonchev–Trinajstić information content (AvgIpc) is 2.93. The number of aromatic nitrogens is 3. The zero-order chi connectivity index (χ0) is 15.2. The van der Waals surface area contributed by atoms with Crippen molar-refractivity contribution in [3.05, 3.63) is 33.5 Å². The van der Waals surface area contributed by atoms with Crippen molar-refractivity contribution in [1.29, 1.82) is 0 Å². The number of nitrogens with zero attached hydrogens (tertiary/aromatic N) is 4. The molecule has 21 heavy (non-hydrogen) atoms. The van der Waals surface area contributed by atoms with Crippen LogP contribution in [-0.2, 0) is 11.2 Å². The molecule has 0 saturated carbocycles. The summed E-state index contributed by atoms with van der Waals surface area (Å²) in [5, 5.41) is 22.1. The molecule has 0 aliphatic carbocycles. The van der Waals surface area contributed by atoms with Gasteiger partial charge >= 0.3 is 5.82 Å². The molecule has 9 nitrogen and oxygen atoms in total. The van der Waals surface area contributed by atoms with Crippen LogP contribution in [0.4, 0.5) is 10.9 Å². The zero-order valence-corrected chi connectivity index (χ0v) is 11.8. The number of pyridine rings is 1. The predicted octanol–water partition coefficient (Wildman–Crippen LogP) is 1.42. The SMILES string of the molecule is CCc1nnc(NC(=O)COc2cccnc2[N+](=O)[O-])s1. The number of amides is 1. The Bertz CT molecular complexity index is 660. The molecule has 0 aliphatic rings. The molecular formula is C11H11N5O4S. The molecule has 0 radical (unpaired) electrons. The van der Waals surface area contributed by atoms with Crippen LogP contribution < -0.4 is 10.1 Å². The van der Waals surface area contributed by atoms with Gasteiger partial charge in [-0.3, -0.25) is 10.1 Å². The van der Waals surface area contributed by atoms with E-state index >= 15 is 0 Å². The Morgan fingerprint density at radius 3 is 3.00 bits per heavy atom. The van der Waals surface area contributed by atoms with Crippen LogP contribution in [0.1, 0.15) is 11.9 Å². The van der Waals surface area contributed by atoms with Crippen molar-refractivity contribution in [1.82, 2.24) is 15.2 Å². The van der Waals surface area contributed by atoms with Crippen LogP contribution >= 0.6 is 11.3 Å². The number of ether oxygens (including phenoxy) is 1. The zero-order valence-electron chi connectivity index (χ0n) is 11.0. The van der Waals surface area contributed by atoms with Crippen LogP contribution in [0.15, 0.2) is 18.3 Å². The lowest BCUT2D eigenvalue weighted by molar-refractivity contribution is -0.390. The highest BCUT2D eigenvalue weighted by atomic mass is 32.1. The summed E-state index contributed by atoms with van der Waals surface area (Å²) in [5.41, 5.74) is 0. The lowest BCUT2D eigenvalue weighted by Gasteiger charge is -2.05. The third-order valence-electron chi connectivity index (χ3n) is 2.30. The van der Waals surface area contributed by atoms with Crippen molar-refractivity contribution in [3.63, 3.8) is 0 Å². The van der Waals surface area contributed by atoms with E-state index in [2.05, 4.69) is 20.5 Å². The molecule has 10 heteroatoms. The summed E-state index contributed by atoms with van der Waals surface area (Å²) in [6, 6.07) is 2.86. The van der Waals surface area contributed by atoms with E-state index in [9.17, 15) is 14.9 Å². The fraction of sp³-hybridized carbons (Fsp3) is 0.273. The van der Waals surface area contributed by atoms with Gasteiger partial charge in [0.05, 0.1) is 0 Å². The summed E-state index contributed by atoms with van der Waals surface area (Å²) in [6.07, 6.45) is 2.00. The summed E-state index contributed by atoms with van der Waals surface area (Å²) in [6.45, 7) is 1.55. The average molecular weight is 309 g/mol. The number of carbonyl (C=O) groups excluding carboxylic acids is 1. The number of nitrogens with one attached hydrogen (secondary N) is 1. The van der Waals surface area contributed by atoms with Crippen LogP contribution in [0, 0.1) is 10.1 Å². The Morgan fingerprint density at radius 2 is 2.33 bits per heavy atom. The number of hydrogen-bond acceptors (Lipinski definition) is 8. The first-order chi connectivity index (χ1) is 10.1. The lowest BCUT2D eigenvalue weighted by Crippen LogP contribution is -2.20. The summed E-state index contributed by atoms with van der Waals surface area (Å²) in [4.78, 5) is 25.3. The molecule has 0 bridgehead atoms. The molecule has 0 atom stereocenters. The van der Waals surface area contributed by atoms with E-state index in [4.69, 9.17) is 4.74 Å². The van der Waals surface area contributed by atoms with Gasteiger partial charge in [0, 0.05) is 0 Å². The number of aryl methyl sites for hydroxylation is 1. The first kappa shape index (κ1) is 14.8. The molecule has 0 fully saturated rings. The van der Waals surface area contributed by atoms with Gasteiger partial charge in [-0.15, -0.1) is 10.2 Å². The maximum absolute atomic E-state index is 11.7. The number of carbonyl (C=O) groups is 1. The van der Waals surface area contributed by atoms with Crippen molar-refractivity contribution in [3.8, 4) is 5.75 Å². The highest BCUT2D eigenvalue weighted by Crippen LogP contribution is 2.22. The molecule has 1 amide bonds. The van der Waals surface area contributed by atoms with Gasteiger partial charge in [0.1, 0.15) is 11.2 Å². The smallest absolute Gasteiger partial charge is 0.406 e. The summed E-state index contributed by atoms with van der Waals surface area (Å²) < 4.78 is 5.11. The van der Waals surface area contributed by atoms with Gasteiger partial charge in [-0.05, 0) is 28.5 Å². The largest absolute Gasteiger partial charge is 0.476 e. The third-order valence-corrected chi connectivity index (χ3v) is 3.28. The van der Waals surface area contributed by atoms with Gasteiger partial charge in [0.2, 0.25) is 10.9 Å². The molecule has 0 spiro atoms. The molecule has 0 aliphatic heterocycles. The van der Waals surface area contributed by atoms with Crippen LogP contribution in [0.2, 0.25) is 0 Å². The Labute approximate surface area is 123 Å². The minimum atomic E-state index is -0.675. The van der Waals surface area contributed by atoms with E-state index in [1.165, 1.54) is 29.7 Å². The molecule has 2 rings (SSSR count). The van der Waals surface area contributed by atoms with Gasteiger partial charge in [0.15, 0.2) is 6.61 Å². The summed E-state index contributed by atoms with van der Waals surface area (Å²) in [7, 11) is 0. The van der Waals surface area contributed by atoms with E-state index in [1.807, 2.05) is 6.92 Å². The first-order valence-corrected chi connectivity index (χ1v) is 6.76. The molecule has 1 N–H and O–H groups in total. The normalized spacial score (nSPS) is 10.1. The van der Waals surface area contributed by atoms with Crippen molar-refractivity contribution < 1.29 is 14.5 Å². The van der Waals surface area contributed by atoms with Crippen molar-refractivity contribution >= 4 is 28.2 Å². The van der Waals surface area contributed by atoms with Crippen LogP contribution in [0.3, 0.4) is 0 Å². The molecule has 110 valence electrons. The van der Waals surface area contributed by atoms with Crippen molar-refractivity contribution in [2.75, 3.05) is 11.9 Å². The second-order valence-corrected chi connectivity index (χ2v) is 4.84. The third kappa shape index (κ3) is 3.92. The predicted molar refractivity (Wildman–Crippen MR) is 74.3 cm³/mol. The summed E-state index contributed by atoms with van der Waals surface area (Å²) in [5.74, 6) is -0.981. The van der Waals surface area contributed by atoms with Gasteiger partial charge in [-0.1, -0.05) is 18.3 Å². The molecule has 2 aromatic rings. The Balaban J connectivity index is 1.94. The maximum Gasteiger partial charge on any atom is 0.406 e. The summed E-state index contributed by atoms with van der Waals surface area (Å²) >= 11 is 1.26. The quantitative estimate of drug-likeness (QED) is 0.632. The fourth-order valence-corrected chi connectivity index (χ4v) is 2.07. The highest BCUT2D eigenvalue weighted by Gasteiger charge is 2.17. The number of hydrogen-bond donors (Lipinski definition) is 1. The van der Waals surface area contributed by atoms with Crippen molar-refractivity contribution in [2.24, 2.45) is 0 Å². The Morgan fingerprint density at radius 1 is 1.52 bits per heavy atom. The Kier molecular flexibility index (Phi) is 4.72. The molecule has 2 aromatic heterocycles.